The van der Waals surface area contributed by atoms with Crippen molar-refractivity contribution in [1.82, 2.24) is 0 Å². The molecule has 0 amide bonds. The van der Waals surface area contributed by atoms with Crippen LogP contribution in [-0.2, 0) is 0 Å². The molecule has 5 aromatic rings. The maximum Gasteiger partial charge on any atom is 0.0369 e. The maximum absolute atomic E-state index is 3.59. The van der Waals surface area contributed by atoms with E-state index in [0.717, 1.165) is 4.47 Å². The molecule has 0 unspecified atom stereocenters. The predicted octanol–water partition coefficient (Wildman–Crippen LogP) is 7.18. The zero-order valence-electron chi connectivity index (χ0n) is 10.9. The molecule has 100 valence electrons. The van der Waals surface area contributed by atoms with E-state index in [0.29, 0.717) is 0 Å². The summed E-state index contributed by atoms with van der Waals surface area (Å²) in [6, 6.07) is 20.0. The Kier molecular flexibility index (Phi) is 2.48. The molecule has 0 spiro atoms. The first-order chi connectivity index (χ1) is 10.3. The number of thiophene rings is 2. The van der Waals surface area contributed by atoms with Crippen molar-refractivity contribution in [2.45, 2.75) is 0 Å². The first-order valence-corrected chi connectivity index (χ1v) is 9.15. The van der Waals surface area contributed by atoms with E-state index in [4.69, 9.17) is 0 Å². The van der Waals surface area contributed by atoms with Gasteiger partial charge in [0.1, 0.15) is 0 Å². The molecule has 0 saturated carbocycles. The van der Waals surface area contributed by atoms with Crippen molar-refractivity contribution in [3.05, 3.63) is 59.1 Å². The minimum Gasteiger partial charge on any atom is -0.135 e. The third kappa shape index (κ3) is 1.71. The lowest BCUT2D eigenvalue weighted by Gasteiger charge is -1.95. The Morgan fingerprint density at radius 3 is 2.10 bits per heavy atom. The fourth-order valence-electron chi connectivity index (χ4n) is 2.97. The van der Waals surface area contributed by atoms with Gasteiger partial charge in [0, 0.05) is 44.8 Å². The molecule has 0 nitrogen and oxygen atoms in total. The highest BCUT2D eigenvalue weighted by atomic mass is 79.9. The van der Waals surface area contributed by atoms with E-state index < -0.39 is 0 Å². The quantitative estimate of drug-likeness (QED) is 0.271. The molecule has 0 radical (unpaired) electrons. The Morgan fingerprint density at radius 1 is 0.571 bits per heavy atom. The molecule has 0 atom stereocenters. The zero-order valence-corrected chi connectivity index (χ0v) is 14.1. The van der Waals surface area contributed by atoms with Crippen LogP contribution in [0, 0.1) is 0 Å². The summed E-state index contributed by atoms with van der Waals surface area (Å²) in [7, 11) is 0. The fourth-order valence-corrected chi connectivity index (χ4v) is 5.64. The van der Waals surface area contributed by atoms with Crippen LogP contribution >= 0.6 is 38.6 Å². The molecule has 0 aliphatic carbocycles. The molecule has 5 rings (SSSR count). The van der Waals surface area contributed by atoms with Gasteiger partial charge in [-0.05, 0) is 36.4 Å². The number of fused-ring (bicyclic) bond motifs is 6. The van der Waals surface area contributed by atoms with Crippen LogP contribution in [0.15, 0.2) is 59.1 Å². The summed E-state index contributed by atoms with van der Waals surface area (Å²) >= 11 is 7.36. The average molecular weight is 369 g/mol. The van der Waals surface area contributed by atoms with Gasteiger partial charge >= 0.3 is 0 Å². The minimum absolute atomic E-state index is 1.14. The van der Waals surface area contributed by atoms with E-state index in [1.165, 1.54) is 40.3 Å². The van der Waals surface area contributed by atoms with Gasteiger partial charge in [0.25, 0.3) is 0 Å². The highest BCUT2D eigenvalue weighted by Gasteiger charge is 2.10. The molecular formula is C18H9BrS2. The normalized spacial score (nSPS) is 12.0. The van der Waals surface area contributed by atoms with E-state index in [2.05, 4.69) is 70.5 Å². The van der Waals surface area contributed by atoms with E-state index in [9.17, 15) is 0 Å². The molecule has 3 aromatic carbocycles. The number of rotatable bonds is 0. The van der Waals surface area contributed by atoms with Gasteiger partial charge in [-0.25, -0.2) is 0 Å². The molecule has 0 aliphatic rings. The van der Waals surface area contributed by atoms with Crippen LogP contribution in [-0.4, -0.2) is 0 Å². The van der Waals surface area contributed by atoms with E-state index in [1.54, 1.807) is 0 Å². The van der Waals surface area contributed by atoms with Crippen molar-refractivity contribution in [2.24, 2.45) is 0 Å². The first-order valence-electron chi connectivity index (χ1n) is 6.73. The fraction of sp³-hybridized carbons (Fsp3) is 0. The van der Waals surface area contributed by atoms with Gasteiger partial charge in [-0.1, -0.05) is 34.1 Å². The molecule has 0 fully saturated rings. The van der Waals surface area contributed by atoms with Gasteiger partial charge in [0.15, 0.2) is 0 Å². The van der Waals surface area contributed by atoms with Gasteiger partial charge in [-0.15, -0.1) is 22.7 Å². The standard InChI is InChI=1S/C18H9BrS2/c19-10-5-6-16-12(7-10)14-8-13-11-3-1-2-4-15(11)20-17(13)9-18(14)21-16/h1-9H. The maximum atomic E-state index is 3.59. The van der Waals surface area contributed by atoms with Crippen LogP contribution < -0.4 is 0 Å². The Balaban J connectivity index is 2.03. The molecule has 0 bridgehead atoms. The van der Waals surface area contributed by atoms with Crippen molar-refractivity contribution < 1.29 is 0 Å². The molecule has 0 saturated heterocycles. The molecule has 3 heteroatoms. The third-order valence-corrected chi connectivity index (χ3v) is 6.69. The second-order valence-electron chi connectivity index (χ2n) is 5.19. The van der Waals surface area contributed by atoms with E-state index >= 15 is 0 Å². The summed E-state index contributed by atoms with van der Waals surface area (Å²) in [5.41, 5.74) is 0. The SMILES string of the molecule is Brc1ccc2sc3cc4sc5ccccc5c4cc3c2c1. The molecular weight excluding hydrogens is 360 g/mol. The lowest BCUT2D eigenvalue weighted by atomic mass is 10.1. The third-order valence-electron chi connectivity index (χ3n) is 3.93. The Labute approximate surface area is 137 Å². The topological polar surface area (TPSA) is 0 Å². The second kappa shape index (κ2) is 4.29. The lowest BCUT2D eigenvalue weighted by molar-refractivity contribution is 1.78. The summed E-state index contributed by atoms with van der Waals surface area (Å²) in [6.07, 6.45) is 0. The van der Waals surface area contributed by atoms with Crippen LogP contribution in [0.25, 0.3) is 40.3 Å². The summed E-state index contributed by atoms with van der Waals surface area (Å²) in [5.74, 6) is 0. The highest BCUT2D eigenvalue weighted by molar-refractivity contribution is 9.10. The average Bonchev–Trinajstić information content (AvgIpc) is 3.02. The van der Waals surface area contributed by atoms with Crippen molar-refractivity contribution in [3.63, 3.8) is 0 Å². The Morgan fingerprint density at radius 2 is 1.24 bits per heavy atom. The molecule has 21 heavy (non-hydrogen) atoms. The molecule has 2 aromatic heterocycles. The Bertz CT molecular complexity index is 1150. The zero-order chi connectivity index (χ0) is 14.0. The second-order valence-corrected chi connectivity index (χ2v) is 8.27. The van der Waals surface area contributed by atoms with Crippen LogP contribution in [0.4, 0.5) is 0 Å². The van der Waals surface area contributed by atoms with Crippen molar-refractivity contribution in [3.8, 4) is 0 Å². The number of hydrogen-bond donors (Lipinski definition) is 0. The van der Waals surface area contributed by atoms with Crippen molar-refractivity contribution in [2.75, 3.05) is 0 Å². The highest BCUT2D eigenvalue weighted by Crippen LogP contribution is 2.41. The number of hydrogen-bond acceptors (Lipinski definition) is 2. The summed E-state index contributed by atoms with van der Waals surface area (Å²) in [4.78, 5) is 0. The largest absolute Gasteiger partial charge is 0.135 e. The summed E-state index contributed by atoms with van der Waals surface area (Å²) < 4.78 is 6.63. The van der Waals surface area contributed by atoms with E-state index in [-0.39, 0.29) is 0 Å². The molecule has 0 N–H and O–H groups in total. The van der Waals surface area contributed by atoms with Crippen LogP contribution in [0.1, 0.15) is 0 Å². The van der Waals surface area contributed by atoms with Gasteiger partial charge in [-0.3, -0.25) is 0 Å². The van der Waals surface area contributed by atoms with Gasteiger partial charge in [0.2, 0.25) is 0 Å². The van der Waals surface area contributed by atoms with Gasteiger partial charge in [0.05, 0.1) is 0 Å². The van der Waals surface area contributed by atoms with Crippen LogP contribution in [0.2, 0.25) is 0 Å². The van der Waals surface area contributed by atoms with Gasteiger partial charge in [-0.2, -0.15) is 0 Å². The first kappa shape index (κ1) is 12.2. The number of halogens is 1. The Hall–Kier alpha value is -1.42. The van der Waals surface area contributed by atoms with Crippen LogP contribution in [0.5, 0.6) is 0 Å². The van der Waals surface area contributed by atoms with Crippen molar-refractivity contribution in [1.29, 1.82) is 0 Å². The summed E-state index contributed by atoms with van der Waals surface area (Å²) in [5, 5.41) is 5.46. The lowest BCUT2D eigenvalue weighted by Crippen LogP contribution is -1.69. The smallest absolute Gasteiger partial charge is 0.0369 e. The molecule has 2 heterocycles. The minimum atomic E-state index is 1.14. The van der Waals surface area contributed by atoms with Gasteiger partial charge < -0.3 is 0 Å². The predicted molar refractivity (Wildman–Crippen MR) is 99.9 cm³/mol. The van der Waals surface area contributed by atoms with Crippen molar-refractivity contribution >= 4 is 78.9 Å². The monoisotopic (exact) mass is 368 g/mol. The number of benzene rings is 3. The summed E-state index contributed by atoms with van der Waals surface area (Å²) in [6.45, 7) is 0. The van der Waals surface area contributed by atoms with Crippen LogP contribution in [0.3, 0.4) is 0 Å². The van der Waals surface area contributed by atoms with E-state index in [1.807, 2.05) is 22.7 Å². The molecule has 0 aliphatic heterocycles.